The highest BCUT2D eigenvalue weighted by Crippen LogP contribution is 2.26. The van der Waals surface area contributed by atoms with E-state index in [2.05, 4.69) is 31.4 Å². The molecule has 0 radical (unpaired) electrons. The first-order valence-electron chi connectivity index (χ1n) is 9.11. The van der Waals surface area contributed by atoms with E-state index in [9.17, 15) is 4.39 Å². The number of piperazine rings is 1. The van der Waals surface area contributed by atoms with Gasteiger partial charge in [0.15, 0.2) is 11.6 Å². The van der Waals surface area contributed by atoms with Crippen LogP contribution in [0.4, 0.5) is 15.8 Å². The molecule has 142 valence electrons. The number of anilines is 2. The van der Waals surface area contributed by atoms with Crippen molar-refractivity contribution in [1.82, 2.24) is 15.3 Å². The second-order valence-electron chi connectivity index (χ2n) is 6.61. The van der Waals surface area contributed by atoms with Crippen LogP contribution in [0.3, 0.4) is 0 Å². The summed E-state index contributed by atoms with van der Waals surface area (Å²) in [6.45, 7) is 4.70. The van der Waals surface area contributed by atoms with Crippen LogP contribution in [0.25, 0.3) is 0 Å². The molecule has 2 aliphatic heterocycles. The number of nitrogen functional groups attached to an aromatic ring is 1. The van der Waals surface area contributed by atoms with Gasteiger partial charge in [-0.25, -0.2) is 4.39 Å². The van der Waals surface area contributed by atoms with Crippen molar-refractivity contribution < 1.29 is 9.13 Å². The van der Waals surface area contributed by atoms with E-state index in [-0.39, 0.29) is 5.75 Å². The number of nitrogens with two attached hydrogens (primary N) is 1. The van der Waals surface area contributed by atoms with Crippen molar-refractivity contribution in [2.24, 2.45) is 5.10 Å². The summed E-state index contributed by atoms with van der Waals surface area (Å²) in [5.74, 6) is -0.206. The van der Waals surface area contributed by atoms with Gasteiger partial charge < -0.3 is 15.4 Å². The molecule has 0 amide bonds. The van der Waals surface area contributed by atoms with Gasteiger partial charge in [-0.15, -0.1) is 0 Å². The first kappa shape index (κ1) is 17.5. The second kappa shape index (κ2) is 7.79. The number of pyridine rings is 1. The van der Waals surface area contributed by atoms with Crippen LogP contribution >= 0.6 is 0 Å². The summed E-state index contributed by atoms with van der Waals surface area (Å²) in [6.07, 6.45) is 2.05. The Morgan fingerprint density at radius 3 is 2.81 bits per heavy atom. The van der Waals surface area contributed by atoms with E-state index < -0.39 is 5.82 Å². The molecule has 0 spiro atoms. The normalized spacial score (nSPS) is 18.9. The lowest BCUT2D eigenvalue weighted by Crippen LogP contribution is -2.48. The van der Waals surface area contributed by atoms with Gasteiger partial charge in [0.1, 0.15) is 5.69 Å². The maximum Gasteiger partial charge on any atom is 0.182 e. The smallest absolute Gasteiger partial charge is 0.182 e. The minimum absolute atomic E-state index is 0.193. The maximum absolute atomic E-state index is 13.8. The van der Waals surface area contributed by atoms with E-state index in [4.69, 9.17) is 10.5 Å². The molecule has 4 rings (SSSR count). The van der Waals surface area contributed by atoms with Gasteiger partial charge in [0.2, 0.25) is 0 Å². The van der Waals surface area contributed by atoms with E-state index in [0.717, 1.165) is 43.3 Å². The van der Waals surface area contributed by atoms with Gasteiger partial charge in [0.25, 0.3) is 0 Å². The SMILES string of the molecule is Nc1ccccc1N1CCN(CN/N=C2/CCOc3c(F)ccnc32)CC1. The van der Waals surface area contributed by atoms with E-state index >= 15 is 0 Å². The predicted molar refractivity (Wildman–Crippen MR) is 103 cm³/mol. The Morgan fingerprint density at radius 1 is 1.19 bits per heavy atom. The van der Waals surface area contributed by atoms with E-state index in [1.54, 1.807) is 0 Å². The van der Waals surface area contributed by atoms with Crippen molar-refractivity contribution in [3.63, 3.8) is 0 Å². The maximum atomic E-state index is 13.8. The first-order chi connectivity index (χ1) is 13.2. The first-order valence-corrected chi connectivity index (χ1v) is 9.11. The van der Waals surface area contributed by atoms with Gasteiger partial charge in [-0.05, 0) is 18.2 Å². The number of rotatable bonds is 4. The lowest BCUT2D eigenvalue weighted by atomic mass is 10.1. The lowest BCUT2D eigenvalue weighted by Gasteiger charge is -2.36. The molecule has 3 heterocycles. The van der Waals surface area contributed by atoms with Crippen LogP contribution in [-0.4, -0.2) is 55.1 Å². The zero-order chi connectivity index (χ0) is 18.6. The molecule has 27 heavy (non-hydrogen) atoms. The summed E-state index contributed by atoms with van der Waals surface area (Å²) in [4.78, 5) is 8.81. The molecular formula is C19H23FN6O. The summed E-state index contributed by atoms with van der Waals surface area (Å²) < 4.78 is 19.2. The number of benzene rings is 1. The quantitative estimate of drug-likeness (QED) is 0.630. The third-order valence-corrected chi connectivity index (χ3v) is 4.87. The average molecular weight is 370 g/mol. The summed E-state index contributed by atoms with van der Waals surface area (Å²) in [5.41, 5.74) is 12.3. The molecular weight excluding hydrogens is 347 g/mol. The molecule has 1 saturated heterocycles. The van der Waals surface area contributed by atoms with Gasteiger partial charge in [-0.2, -0.15) is 5.10 Å². The van der Waals surface area contributed by atoms with Gasteiger partial charge in [0.05, 0.1) is 30.4 Å². The summed E-state index contributed by atoms with van der Waals surface area (Å²) in [5, 5.41) is 4.43. The molecule has 0 atom stereocenters. The van der Waals surface area contributed by atoms with Crippen molar-refractivity contribution in [3.05, 3.63) is 48.0 Å². The molecule has 3 N–H and O–H groups in total. The highest BCUT2D eigenvalue weighted by atomic mass is 19.1. The lowest BCUT2D eigenvalue weighted by molar-refractivity contribution is 0.240. The second-order valence-corrected chi connectivity index (χ2v) is 6.61. The Labute approximate surface area is 157 Å². The largest absolute Gasteiger partial charge is 0.488 e. The average Bonchev–Trinajstić information content (AvgIpc) is 2.70. The van der Waals surface area contributed by atoms with Crippen molar-refractivity contribution in [2.45, 2.75) is 6.42 Å². The molecule has 0 aliphatic carbocycles. The Balaban J connectivity index is 1.32. The highest BCUT2D eigenvalue weighted by Gasteiger charge is 2.22. The molecule has 0 saturated carbocycles. The van der Waals surface area contributed by atoms with E-state index in [1.807, 2.05) is 18.2 Å². The molecule has 0 bridgehead atoms. The molecule has 0 unspecified atom stereocenters. The van der Waals surface area contributed by atoms with E-state index in [1.165, 1.54) is 12.3 Å². The fourth-order valence-corrected chi connectivity index (χ4v) is 3.40. The zero-order valence-electron chi connectivity index (χ0n) is 15.1. The van der Waals surface area contributed by atoms with Crippen LogP contribution in [0.1, 0.15) is 12.1 Å². The van der Waals surface area contributed by atoms with Crippen molar-refractivity contribution >= 4 is 17.1 Å². The number of hydrogen-bond donors (Lipinski definition) is 2. The van der Waals surface area contributed by atoms with Gasteiger partial charge in [-0.3, -0.25) is 15.3 Å². The number of hydrazone groups is 1. The van der Waals surface area contributed by atoms with Crippen LogP contribution in [-0.2, 0) is 0 Å². The predicted octanol–water partition coefficient (Wildman–Crippen LogP) is 1.66. The molecule has 7 nitrogen and oxygen atoms in total. The Hall–Kier alpha value is -2.87. The Morgan fingerprint density at radius 2 is 2.00 bits per heavy atom. The number of para-hydroxylation sites is 2. The number of halogens is 1. The number of fused-ring (bicyclic) bond motifs is 1. The minimum Gasteiger partial charge on any atom is -0.488 e. The third-order valence-electron chi connectivity index (χ3n) is 4.87. The Bertz CT molecular complexity index is 835. The summed E-state index contributed by atoms with van der Waals surface area (Å²) in [7, 11) is 0. The number of nitrogens with zero attached hydrogens (tertiary/aromatic N) is 4. The van der Waals surface area contributed by atoms with Crippen molar-refractivity contribution in [3.8, 4) is 5.75 Å². The number of nitrogens with one attached hydrogen (secondary N) is 1. The number of ether oxygens (including phenoxy) is 1. The number of hydrogen-bond acceptors (Lipinski definition) is 7. The van der Waals surface area contributed by atoms with Crippen LogP contribution in [0.15, 0.2) is 41.6 Å². The fourth-order valence-electron chi connectivity index (χ4n) is 3.40. The van der Waals surface area contributed by atoms with Crippen molar-refractivity contribution in [2.75, 3.05) is 50.1 Å². The molecule has 1 aromatic heterocycles. The third kappa shape index (κ3) is 3.80. The van der Waals surface area contributed by atoms with Crippen LogP contribution < -0.4 is 20.8 Å². The summed E-state index contributed by atoms with van der Waals surface area (Å²) >= 11 is 0. The van der Waals surface area contributed by atoms with Gasteiger partial charge >= 0.3 is 0 Å². The standard InChI is InChI=1S/C19H23FN6O/c20-14-5-7-22-18-16(6-12-27-19(14)18)24-23-13-25-8-10-26(11-9-25)17-4-2-1-3-15(17)21/h1-5,7,23H,6,8-13,21H2/b24-16-. The van der Waals surface area contributed by atoms with Gasteiger partial charge in [-0.1, -0.05) is 12.1 Å². The van der Waals surface area contributed by atoms with Crippen molar-refractivity contribution in [1.29, 1.82) is 0 Å². The summed E-state index contributed by atoms with van der Waals surface area (Å²) in [6, 6.07) is 9.26. The molecule has 2 aliphatic rings. The van der Waals surface area contributed by atoms with Crippen LogP contribution in [0.5, 0.6) is 5.75 Å². The molecule has 1 fully saturated rings. The highest BCUT2D eigenvalue weighted by molar-refractivity contribution is 6.01. The van der Waals surface area contributed by atoms with Crippen LogP contribution in [0, 0.1) is 5.82 Å². The zero-order valence-corrected chi connectivity index (χ0v) is 15.1. The molecule has 8 heteroatoms. The van der Waals surface area contributed by atoms with Gasteiger partial charge in [0, 0.05) is 38.8 Å². The fraction of sp³-hybridized carbons (Fsp3) is 0.368. The molecule has 2 aromatic rings. The molecule has 1 aromatic carbocycles. The Kier molecular flexibility index (Phi) is 5.06. The number of aromatic nitrogens is 1. The topological polar surface area (TPSA) is 79.0 Å². The monoisotopic (exact) mass is 370 g/mol. The minimum atomic E-state index is -0.399. The van der Waals surface area contributed by atoms with E-state index in [0.29, 0.717) is 25.4 Å². The van der Waals surface area contributed by atoms with Crippen LogP contribution in [0.2, 0.25) is 0 Å².